The fraction of sp³-hybridized carbons (Fsp3) is 0.462. The maximum Gasteiger partial charge on any atom is 0.143 e. The van der Waals surface area contributed by atoms with E-state index in [1.165, 1.54) is 0 Å². The van der Waals surface area contributed by atoms with Gasteiger partial charge in [-0.3, -0.25) is 0 Å². The number of nitrogens with one attached hydrogen (secondary N) is 1. The van der Waals surface area contributed by atoms with Gasteiger partial charge in [-0.25, -0.2) is 0 Å². The van der Waals surface area contributed by atoms with Crippen LogP contribution in [0.5, 0.6) is 5.75 Å². The molecule has 1 aromatic rings. The zero-order chi connectivity index (χ0) is 13.1. The summed E-state index contributed by atoms with van der Waals surface area (Å²) in [7, 11) is 1.55. The first-order chi connectivity index (χ1) is 7.88. The van der Waals surface area contributed by atoms with Crippen molar-refractivity contribution in [1.82, 2.24) is 0 Å². The number of hydrogen-bond acceptors (Lipinski definition) is 4. The van der Waals surface area contributed by atoms with E-state index in [4.69, 9.17) is 10.00 Å². The molecule has 0 saturated heterocycles. The number of rotatable bonds is 4. The van der Waals surface area contributed by atoms with Gasteiger partial charge in [-0.1, -0.05) is 0 Å². The molecule has 0 heterocycles. The van der Waals surface area contributed by atoms with Crippen molar-refractivity contribution < 1.29 is 9.84 Å². The second kappa shape index (κ2) is 5.07. The summed E-state index contributed by atoms with van der Waals surface area (Å²) in [6.07, 6.45) is 0. The van der Waals surface area contributed by atoms with E-state index in [1.54, 1.807) is 39.2 Å². The highest BCUT2D eigenvalue weighted by molar-refractivity contribution is 5.60. The van der Waals surface area contributed by atoms with Crippen LogP contribution in [0, 0.1) is 11.3 Å². The predicted octanol–water partition coefficient (Wildman–Crippen LogP) is 2.14. The van der Waals surface area contributed by atoms with Crippen LogP contribution in [0.4, 0.5) is 5.69 Å². The molecule has 0 aliphatic heterocycles. The quantitative estimate of drug-likeness (QED) is 0.837. The van der Waals surface area contributed by atoms with Gasteiger partial charge in [0.1, 0.15) is 5.75 Å². The van der Waals surface area contributed by atoms with Crippen molar-refractivity contribution in [3.63, 3.8) is 0 Å². The average Bonchev–Trinajstić information content (AvgIpc) is 2.28. The summed E-state index contributed by atoms with van der Waals surface area (Å²) in [5, 5.41) is 21.8. The molecule has 0 radical (unpaired) electrons. The minimum atomic E-state index is -0.834. The molecule has 4 nitrogen and oxygen atoms in total. The maximum atomic E-state index is 9.86. The molecule has 0 amide bonds. The summed E-state index contributed by atoms with van der Waals surface area (Å²) in [4.78, 5) is 0. The van der Waals surface area contributed by atoms with Crippen molar-refractivity contribution in [1.29, 1.82) is 5.26 Å². The minimum absolute atomic E-state index is 0.135. The SMILES string of the molecule is COc1cc(C#N)ccc1NC(C)C(C)(C)O. The number of ether oxygens (including phenoxy) is 1. The molecule has 0 saturated carbocycles. The molecular weight excluding hydrogens is 216 g/mol. The Morgan fingerprint density at radius 1 is 1.47 bits per heavy atom. The number of benzene rings is 1. The van der Waals surface area contributed by atoms with E-state index in [-0.39, 0.29) is 6.04 Å². The Hall–Kier alpha value is -1.73. The van der Waals surface area contributed by atoms with Crippen LogP contribution in [-0.4, -0.2) is 23.9 Å². The van der Waals surface area contributed by atoms with Crippen LogP contribution in [0.15, 0.2) is 18.2 Å². The molecule has 17 heavy (non-hydrogen) atoms. The zero-order valence-electron chi connectivity index (χ0n) is 10.6. The first-order valence-corrected chi connectivity index (χ1v) is 5.45. The summed E-state index contributed by atoms with van der Waals surface area (Å²) in [6, 6.07) is 7.07. The third-order valence-corrected chi connectivity index (χ3v) is 2.76. The van der Waals surface area contributed by atoms with Gasteiger partial charge < -0.3 is 15.2 Å². The molecule has 0 aliphatic rings. The topological polar surface area (TPSA) is 65.3 Å². The largest absolute Gasteiger partial charge is 0.495 e. The van der Waals surface area contributed by atoms with Crippen LogP contribution in [0.3, 0.4) is 0 Å². The van der Waals surface area contributed by atoms with Gasteiger partial charge in [-0.15, -0.1) is 0 Å². The fourth-order valence-corrected chi connectivity index (χ4v) is 1.29. The number of nitriles is 1. The van der Waals surface area contributed by atoms with Crippen molar-refractivity contribution in [2.75, 3.05) is 12.4 Å². The van der Waals surface area contributed by atoms with Gasteiger partial charge in [0.05, 0.1) is 36.1 Å². The van der Waals surface area contributed by atoms with E-state index in [1.807, 2.05) is 6.92 Å². The second-order valence-electron chi connectivity index (χ2n) is 4.55. The molecule has 4 heteroatoms. The highest BCUT2D eigenvalue weighted by Gasteiger charge is 2.22. The first-order valence-electron chi connectivity index (χ1n) is 5.45. The Bertz CT molecular complexity index is 430. The van der Waals surface area contributed by atoms with Crippen molar-refractivity contribution in [3.8, 4) is 11.8 Å². The molecular formula is C13H18N2O2. The van der Waals surface area contributed by atoms with Crippen LogP contribution in [0.1, 0.15) is 26.3 Å². The Morgan fingerprint density at radius 2 is 2.12 bits per heavy atom. The van der Waals surface area contributed by atoms with Gasteiger partial charge in [0.15, 0.2) is 0 Å². The molecule has 0 fully saturated rings. The van der Waals surface area contributed by atoms with Gasteiger partial charge >= 0.3 is 0 Å². The number of nitrogens with zero attached hydrogens (tertiary/aromatic N) is 1. The summed E-state index contributed by atoms with van der Waals surface area (Å²) >= 11 is 0. The number of aliphatic hydroxyl groups is 1. The van der Waals surface area contributed by atoms with Gasteiger partial charge in [-0.2, -0.15) is 5.26 Å². The van der Waals surface area contributed by atoms with E-state index in [0.717, 1.165) is 5.69 Å². The van der Waals surface area contributed by atoms with E-state index >= 15 is 0 Å². The predicted molar refractivity (Wildman–Crippen MR) is 67.1 cm³/mol. The molecule has 0 aromatic heterocycles. The Labute approximate surface area is 102 Å². The monoisotopic (exact) mass is 234 g/mol. The molecule has 1 rings (SSSR count). The first kappa shape index (κ1) is 13.3. The highest BCUT2D eigenvalue weighted by Crippen LogP contribution is 2.27. The van der Waals surface area contributed by atoms with Crippen LogP contribution >= 0.6 is 0 Å². The number of hydrogen-bond donors (Lipinski definition) is 2. The Morgan fingerprint density at radius 3 is 2.59 bits per heavy atom. The lowest BCUT2D eigenvalue weighted by molar-refractivity contribution is 0.0648. The lowest BCUT2D eigenvalue weighted by Crippen LogP contribution is -2.39. The van der Waals surface area contributed by atoms with Gasteiger partial charge in [0.2, 0.25) is 0 Å². The molecule has 1 unspecified atom stereocenters. The fourth-order valence-electron chi connectivity index (χ4n) is 1.29. The summed E-state index contributed by atoms with van der Waals surface area (Å²) in [6.45, 7) is 5.36. The Balaban J connectivity index is 2.96. The van der Waals surface area contributed by atoms with Gasteiger partial charge in [-0.05, 0) is 32.9 Å². The summed E-state index contributed by atoms with van der Waals surface area (Å²) in [5.74, 6) is 0.597. The minimum Gasteiger partial charge on any atom is -0.495 e. The number of anilines is 1. The van der Waals surface area contributed by atoms with E-state index < -0.39 is 5.60 Å². The molecule has 1 atom stereocenters. The molecule has 1 aromatic carbocycles. The van der Waals surface area contributed by atoms with Crippen LogP contribution in [0.2, 0.25) is 0 Å². The Kier molecular flexibility index (Phi) is 3.97. The lowest BCUT2D eigenvalue weighted by atomic mass is 10.0. The van der Waals surface area contributed by atoms with Crippen molar-refractivity contribution >= 4 is 5.69 Å². The zero-order valence-corrected chi connectivity index (χ0v) is 10.6. The third-order valence-electron chi connectivity index (χ3n) is 2.76. The molecule has 2 N–H and O–H groups in total. The molecule has 0 aliphatic carbocycles. The van der Waals surface area contributed by atoms with Crippen LogP contribution < -0.4 is 10.1 Å². The molecule has 92 valence electrons. The molecule has 0 bridgehead atoms. The number of methoxy groups -OCH3 is 1. The van der Waals surface area contributed by atoms with E-state index in [9.17, 15) is 5.11 Å². The maximum absolute atomic E-state index is 9.86. The lowest BCUT2D eigenvalue weighted by Gasteiger charge is -2.28. The van der Waals surface area contributed by atoms with E-state index in [0.29, 0.717) is 11.3 Å². The highest BCUT2D eigenvalue weighted by atomic mass is 16.5. The van der Waals surface area contributed by atoms with Gasteiger partial charge in [0.25, 0.3) is 0 Å². The molecule has 0 spiro atoms. The van der Waals surface area contributed by atoms with Crippen molar-refractivity contribution in [2.24, 2.45) is 0 Å². The standard InChI is InChI=1S/C13H18N2O2/c1-9(13(2,3)16)15-11-6-5-10(8-14)7-12(11)17-4/h5-7,9,15-16H,1-4H3. The second-order valence-corrected chi connectivity index (χ2v) is 4.55. The van der Waals surface area contributed by atoms with Crippen molar-refractivity contribution in [3.05, 3.63) is 23.8 Å². The average molecular weight is 234 g/mol. The third kappa shape index (κ3) is 3.36. The van der Waals surface area contributed by atoms with Crippen LogP contribution in [0.25, 0.3) is 0 Å². The van der Waals surface area contributed by atoms with Gasteiger partial charge in [0, 0.05) is 6.07 Å². The van der Waals surface area contributed by atoms with Crippen molar-refractivity contribution in [2.45, 2.75) is 32.4 Å². The summed E-state index contributed by atoms with van der Waals surface area (Å²) in [5.41, 5.74) is 0.475. The normalized spacial score (nSPS) is 12.7. The van der Waals surface area contributed by atoms with E-state index in [2.05, 4.69) is 11.4 Å². The smallest absolute Gasteiger partial charge is 0.143 e. The van der Waals surface area contributed by atoms with Crippen LogP contribution in [-0.2, 0) is 0 Å². The summed E-state index contributed by atoms with van der Waals surface area (Å²) < 4.78 is 5.21.